The van der Waals surface area contributed by atoms with E-state index in [0.717, 1.165) is 6.07 Å². The lowest BCUT2D eigenvalue weighted by Gasteiger charge is -2.01. The van der Waals surface area contributed by atoms with Crippen LogP contribution in [0, 0.1) is 12.7 Å². The highest BCUT2D eigenvalue weighted by Gasteiger charge is 2.23. The van der Waals surface area contributed by atoms with Crippen LogP contribution in [0.3, 0.4) is 0 Å². The minimum atomic E-state index is -1.22. The van der Waals surface area contributed by atoms with Crippen LogP contribution in [-0.4, -0.2) is 16.2 Å². The van der Waals surface area contributed by atoms with Crippen molar-refractivity contribution in [3.05, 3.63) is 40.3 Å². The van der Waals surface area contributed by atoms with Crippen LogP contribution >= 0.6 is 11.6 Å². The first-order valence-electron chi connectivity index (χ1n) is 4.65. The molecule has 0 saturated heterocycles. The fourth-order valence-electron chi connectivity index (χ4n) is 1.48. The Morgan fingerprint density at radius 1 is 1.53 bits per heavy atom. The number of carboxylic acid groups (broad SMARTS) is 1. The molecule has 6 heteroatoms. The van der Waals surface area contributed by atoms with Crippen molar-refractivity contribution in [2.75, 3.05) is 0 Å². The zero-order valence-electron chi connectivity index (χ0n) is 8.70. The Morgan fingerprint density at radius 3 is 2.88 bits per heavy atom. The molecule has 17 heavy (non-hydrogen) atoms. The van der Waals surface area contributed by atoms with Gasteiger partial charge in [-0.2, -0.15) is 0 Å². The highest BCUT2D eigenvalue weighted by Crippen LogP contribution is 2.30. The van der Waals surface area contributed by atoms with E-state index in [-0.39, 0.29) is 27.6 Å². The highest BCUT2D eigenvalue weighted by molar-refractivity contribution is 6.30. The summed E-state index contributed by atoms with van der Waals surface area (Å²) in [5, 5.41) is 12.8. The molecule has 0 aliphatic rings. The molecular formula is C11H7ClFNO3. The molecular weight excluding hydrogens is 249 g/mol. The van der Waals surface area contributed by atoms with Crippen molar-refractivity contribution in [3.63, 3.8) is 0 Å². The zero-order chi connectivity index (χ0) is 12.6. The Hall–Kier alpha value is -1.88. The van der Waals surface area contributed by atoms with E-state index >= 15 is 0 Å². The quantitative estimate of drug-likeness (QED) is 0.895. The molecule has 2 rings (SSSR count). The molecule has 0 saturated carbocycles. The van der Waals surface area contributed by atoms with Crippen molar-refractivity contribution in [1.29, 1.82) is 0 Å². The Morgan fingerprint density at radius 2 is 2.24 bits per heavy atom. The molecule has 0 bridgehead atoms. The second kappa shape index (κ2) is 4.18. The number of halogens is 2. The van der Waals surface area contributed by atoms with E-state index in [1.165, 1.54) is 19.1 Å². The van der Waals surface area contributed by atoms with Gasteiger partial charge in [-0.15, -0.1) is 0 Å². The summed E-state index contributed by atoms with van der Waals surface area (Å²) < 4.78 is 18.4. The Bertz CT molecular complexity index is 594. The molecule has 1 aromatic heterocycles. The fraction of sp³-hybridized carbons (Fsp3) is 0.0909. The molecule has 2 aromatic rings. The van der Waals surface area contributed by atoms with E-state index in [0.29, 0.717) is 0 Å². The number of hydrogen-bond acceptors (Lipinski definition) is 3. The number of carboxylic acids is 1. The van der Waals surface area contributed by atoms with Gasteiger partial charge < -0.3 is 9.63 Å². The summed E-state index contributed by atoms with van der Waals surface area (Å²) in [5.74, 6) is -1.97. The predicted octanol–water partition coefficient (Wildman–Crippen LogP) is 3.14. The van der Waals surface area contributed by atoms with Crippen LogP contribution in [-0.2, 0) is 0 Å². The largest absolute Gasteiger partial charge is 0.477 e. The molecule has 0 aliphatic carbocycles. The van der Waals surface area contributed by atoms with Crippen LogP contribution in [0.2, 0.25) is 5.02 Å². The SMILES string of the molecule is Cc1noc(-c2cc(Cl)ccc2F)c1C(=O)O. The normalized spacial score (nSPS) is 10.5. The first-order chi connectivity index (χ1) is 8.00. The number of aromatic nitrogens is 1. The second-order valence-electron chi connectivity index (χ2n) is 3.40. The van der Waals surface area contributed by atoms with Crippen LogP contribution < -0.4 is 0 Å². The van der Waals surface area contributed by atoms with Crippen molar-refractivity contribution < 1.29 is 18.8 Å². The van der Waals surface area contributed by atoms with Gasteiger partial charge in [-0.05, 0) is 25.1 Å². The summed E-state index contributed by atoms with van der Waals surface area (Å²) in [4.78, 5) is 11.0. The van der Waals surface area contributed by atoms with Gasteiger partial charge in [0.2, 0.25) is 0 Å². The summed E-state index contributed by atoms with van der Waals surface area (Å²) >= 11 is 5.73. The average Bonchev–Trinajstić information content (AvgIpc) is 2.64. The van der Waals surface area contributed by atoms with Crippen molar-refractivity contribution in [2.24, 2.45) is 0 Å². The van der Waals surface area contributed by atoms with E-state index < -0.39 is 11.8 Å². The molecule has 1 N–H and O–H groups in total. The molecule has 4 nitrogen and oxygen atoms in total. The Labute approximate surface area is 101 Å². The van der Waals surface area contributed by atoms with Crippen LogP contribution in [0.5, 0.6) is 0 Å². The van der Waals surface area contributed by atoms with E-state index in [1.807, 2.05) is 0 Å². The van der Waals surface area contributed by atoms with Gasteiger partial charge in [0.25, 0.3) is 0 Å². The molecule has 0 spiro atoms. The zero-order valence-corrected chi connectivity index (χ0v) is 9.45. The molecule has 0 aliphatic heterocycles. The van der Waals surface area contributed by atoms with Gasteiger partial charge in [-0.3, -0.25) is 0 Å². The number of aryl methyl sites for hydroxylation is 1. The Kier molecular flexibility index (Phi) is 2.85. The lowest BCUT2D eigenvalue weighted by molar-refractivity contribution is 0.0696. The topological polar surface area (TPSA) is 63.3 Å². The molecule has 0 radical (unpaired) electrons. The molecule has 0 amide bonds. The molecule has 88 valence electrons. The van der Waals surface area contributed by atoms with Crippen LogP contribution in [0.1, 0.15) is 16.1 Å². The molecule has 1 aromatic carbocycles. The average molecular weight is 256 g/mol. The number of aromatic carboxylic acids is 1. The number of hydrogen-bond donors (Lipinski definition) is 1. The number of carbonyl (C=O) groups is 1. The maximum absolute atomic E-state index is 13.6. The van der Waals surface area contributed by atoms with E-state index in [2.05, 4.69) is 5.16 Å². The number of rotatable bonds is 2. The third-order valence-corrected chi connectivity index (χ3v) is 2.48. The van der Waals surface area contributed by atoms with Gasteiger partial charge in [0.15, 0.2) is 5.76 Å². The molecule has 1 heterocycles. The van der Waals surface area contributed by atoms with Gasteiger partial charge in [-0.1, -0.05) is 16.8 Å². The number of benzene rings is 1. The van der Waals surface area contributed by atoms with Gasteiger partial charge in [-0.25, -0.2) is 9.18 Å². The van der Waals surface area contributed by atoms with Crippen LogP contribution in [0.25, 0.3) is 11.3 Å². The smallest absolute Gasteiger partial charge is 0.341 e. The van der Waals surface area contributed by atoms with E-state index in [9.17, 15) is 9.18 Å². The summed E-state index contributed by atoms with van der Waals surface area (Å²) in [6.07, 6.45) is 0. The standard InChI is InChI=1S/C11H7ClFNO3/c1-5-9(11(15)16)10(17-14-5)7-4-6(12)2-3-8(7)13/h2-4H,1H3,(H,15,16). The van der Waals surface area contributed by atoms with Crippen molar-refractivity contribution in [1.82, 2.24) is 5.16 Å². The van der Waals surface area contributed by atoms with Crippen molar-refractivity contribution >= 4 is 17.6 Å². The first-order valence-corrected chi connectivity index (χ1v) is 5.03. The molecule has 0 fully saturated rings. The third kappa shape index (κ3) is 2.01. The van der Waals surface area contributed by atoms with Gasteiger partial charge in [0, 0.05) is 5.02 Å². The third-order valence-electron chi connectivity index (χ3n) is 2.25. The second-order valence-corrected chi connectivity index (χ2v) is 3.84. The van der Waals surface area contributed by atoms with Crippen LogP contribution in [0.15, 0.2) is 22.7 Å². The maximum Gasteiger partial charge on any atom is 0.341 e. The molecule has 0 atom stereocenters. The number of nitrogens with zero attached hydrogens (tertiary/aromatic N) is 1. The summed E-state index contributed by atoms with van der Waals surface area (Å²) in [6.45, 7) is 1.47. The maximum atomic E-state index is 13.6. The van der Waals surface area contributed by atoms with Gasteiger partial charge >= 0.3 is 5.97 Å². The van der Waals surface area contributed by atoms with Gasteiger partial charge in [0.05, 0.1) is 11.3 Å². The van der Waals surface area contributed by atoms with Crippen molar-refractivity contribution in [2.45, 2.75) is 6.92 Å². The highest BCUT2D eigenvalue weighted by atomic mass is 35.5. The van der Waals surface area contributed by atoms with Crippen LogP contribution in [0.4, 0.5) is 4.39 Å². The van der Waals surface area contributed by atoms with E-state index in [1.54, 1.807) is 0 Å². The fourth-order valence-corrected chi connectivity index (χ4v) is 1.65. The lowest BCUT2D eigenvalue weighted by Crippen LogP contribution is -1.99. The summed E-state index contributed by atoms with van der Waals surface area (Å²) in [6, 6.07) is 3.80. The van der Waals surface area contributed by atoms with Gasteiger partial charge in [0.1, 0.15) is 11.4 Å². The lowest BCUT2D eigenvalue weighted by atomic mass is 10.1. The van der Waals surface area contributed by atoms with Crippen molar-refractivity contribution in [3.8, 4) is 11.3 Å². The van der Waals surface area contributed by atoms with E-state index in [4.69, 9.17) is 21.2 Å². The summed E-state index contributed by atoms with van der Waals surface area (Å²) in [5.41, 5.74) is 0.00791. The first kappa shape index (κ1) is 11.6. The summed E-state index contributed by atoms with van der Waals surface area (Å²) in [7, 11) is 0. The minimum Gasteiger partial charge on any atom is -0.477 e. The Balaban J connectivity index is 2.68. The molecule has 0 unspecified atom stereocenters. The predicted molar refractivity (Wildman–Crippen MR) is 58.6 cm³/mol. The monoisotopic (exact) mass is 255 g/mol. The minimum absolute atomic E-state index is 0.0181.